The first-order chi connectivity index (χ1) is 6.15. The van der Waals surface area contributed by atoms with E-state index in [0.717, 1.165) is 0 Å². The molecule has 0 unspecified atom stereocenters. The molecule has 1 fully saturated rings. The maximum atomic E-state index is 12.6. The van der Waals surface area contributed by atoms with E-state index in [1.54, 1.807) is 24.3 Å². The van der Waals surface area contributed by atoms with Crippen molar-refractivity contribution in [2.45, 2.75) is 24.7 Å². The van der Waals surface area contributed by atoms with Crippen LogP contribution in [0.15, 0.2) is 24.3 Å². The summed E-state index contributed by atoms with van der Waals surface area (Å²) in [5.41, 5.74) is -0.142. The van der Waals surface area contributed by atoms with Gasteiger partial charge in [0.25, 0.3) is 0 Å². The fourth-order valence-electron chi connectivity index (χ4n) is 1.55. The molecular weight excluding hydrogens is 194 g/mol. The minimum absolute atomic E-state index is 0.590. The molecule has 1 saturated carbocycles. The number of rotatable bonds is 2. The maximum Gasteiger partial charge on any atom is 0.248 e. The first-order valence-electron chi connectivity index (χ1n) is 4.19. The van der Waals surface area contributed by atoms with Gasteiger partial charge in [-0.2, -0.15) is 0 Å². The third-order valence-corrected chi connectivity index (χ3v) is 2.88. The average molecular weight is 203 g/mol. The van der Waals surface area contributed by atoms with Gasteiger partial charge in [-0.1, -0.05) is 23.7 Å². The van der Waals surface area contributed by atoms with Gasteiger partial charge in [-0.25, -0.2) is 8.78 Å². The van der Waals surface area contributed by atoms with E-state index in [1.165, 1.54) is 0 Å². The molecule has 3 heteroatoms. The molecule has 0 N–H and O–H groups in total. The van der Waals surface area contributed by atoms with E-state index in [2.05, 4.69) is 0 Å². The average Bonchev–Trinajstić information content (AvgIpc) is 2.86. The second kappa shape index (κ2) is 2.95. The molecular formula is C10H9ClF2. The molecule has 0 heterocycles. The fourth-order valence-corrected chi connectivity index (χ4v) is 1.68. The molecule has 0 atom stereocenters. The molecule has 2 rings (SSSR count). The Morgan fingerprint density at radius 3 is 2.08 bits per heavy atom. The van der Waals surface area contributed by atoms with Crippen LogP contribution in [0, 0.1) is 0 Å². The highest BCUT2D eigenvalue weighted by Gasteiger charge is 2.52. The molecule has 1 aliphatic rings. The Balaban J connectivity index is 2.31. The van der Waals surface area contributed by atoms with Crippen LogP contribution in [0.5, 0.6) is 0 Å². The SMILES string of the molecule is FC(F)C1(c2ccc(Cl)cc2)CC1. The fraction of sp³-hybridized carbons (Fsp3) is 0.400. The predicted molar refractivity (Wildman–Crippen MR) is 48.4 cm³/mol. The Labute approximate surface area is 80.5 Å². The summed E-state index contributed by atoms with van der Waals surface area (Å²) < 4.78 is 25.3. The van der Waals surface area contributed by atoms with Gasteiger partial charge >= 0.3 is 0 Å². The topological polar surface area (TPSA) is 0 Å². The molecule has 0 spiro atoms. The molecule has 1 aliphatic carbocycles. The predicted octanol–water partition coefficient (Wildman–Crippen LogP) is 3.64. The smallest absolute Gasteiger partial charge is 0.210 e. The highest BCUT2D eigenvalue weighted by molar-refractivity contribution is 6.30. The third kappa shape index (κ3) is 1.44. The van der Waals surface area contributed by atoms with Crippen LogP contribution in [0.4, 0.5) is 8.78 Å². The minimum Gasteiger partial charge on any atom is -0.210 e. The van der Waals surface area contributed by atoms with E-state index in [4.69, 9.17) is 11.6 Å². The first kappa shape index (κ1) is 8.95. The van der Waals surface area contributed by atoms with E-state index >= 15 is 0 Å². The van der Waals surface area contributed by atoms with Crippen molar-refractivity contribution in [2.24, 2.45) is 0 Å². The summed E-state index contributed by atoms with van der Waals surface area (Å²) in [6.45, 7) is 0. The summed E-state index contributed by atoms with van der Waals surface area (Å²) in [6.07, 6.45) is -1.08. The van der Waals surface area contributed by atoms with Crippen molar-refractivity contribution in [3.8, 4) is 0 Å². The van der Waals surface area contributed by atoms with Gasteiger partial charge in [-0.15, -0.1) is 0 Å². The van der Waals surface area contributed by atoms with Crippen molar-refractivity contribution in [1.29, 1.82) is 0 Å². The number of hydrogen-bond donors (Lipinski definition) is 0. The van der Waals surface area contributed by atoms with Crippen molar-refractivity contribution in [1.82, 2.24) is 0 Å². The first-order valence-corrected chi connectivity index (χ1v) is 4.57. The second-order valence-electron chi connectivity index (χ2n) is 3.46. The van der Waals surface area contributed by atoms with E-state index in [1.807, 2.05) is 0 Å². The van der Waals surface area contributed by atoms with Crippen molar-refractivity contribution < 1.29 is 8.78 Å². The van der Waals surface area contributed by atoms with Gasteiger partial charge < -0.3 is 0 Å². The van der Waals surface area contributed by atoms with Gasteiger partial charge in [0, 0.05) is 5.02 Å². The molecule has 0 amide bonds. The zero-order valence-electron chi connectivity index (χ0n) is 6.93. The van der Waals surface area contributed by atoms with Gasteiger partial charge in [-0.3, -0.25) is 0 Å². The second-order valence-corrected chi connectivity index (χ2v) is 3.90. The standard InChI is InChI=1S/C10H9ClF2/c11-8-3-1-7(2-4-8)10(5-6-10)9(12)13/h1-4,9H,5-6H2. The van der Waals surface area contributed by atoms with E-state index < -0.39 is 11.8 Å². The zero-order chi connectivity index (χ0) is 9.47. The normalized spacial score (nSPS) is 19.1. The van der Waals surface area contributed by atoms with Crippen molar-refractivity contribution >= 4 is 11.6 Å². The number of halogens is 3. The lowest BCUT2D eigenvalue weighted by atomic mass is 9.97. The van der Waals surface area contributed by atoms with Gasteiger partial charge in [0.2, 0.25) is 6.43 Å². The lowest BCUT2D eigenvalue weighted by Crippen LogP contribution is -2.16. The van der Waals surface area contributed by atoms with Gasteiger partial charge in [0.15, 0.2) is 0 Å². The highest BCUT2D eigenvalue weighted by Crippen LogP contribution is 2.52. The van der Waals surface area contributed by atoms with Crippen LogP contribution >= 0.6 is 11.6 Å². The van der Waals surface area contributed by atoms with Crippen molar-refractivity contribution in [2.75, 3.05) is 0 Å². The summed E-state index contributed by atoms with van der Waals surface area (Å²) >= 11 is 5.67. The van der Waals surface area contributed by atoms with E-state index in [0.29, 0.717) is 23.4 Å². The molecule has 0 aliphatic heterocycles. The zero-order valence-corrected chi connectivity index (χ0v) is 7.69. The summed E-state index contributed by atoms with van der Waals surface area (Å²) in [7, 11) is 0. The van der Waals surface area contributed by atoms with Crippen LogP contribution in [-0.4, -0.2) is 6.43 Å². The van der Waals surface area contributed by atoms with Crippen LogP contribution in [0.2, 0.25) is 5.02 Å². The van der Waals surface area contributed by atoms with Gasteiger partial charge in [0.05, 0.1) is 5.41 Å². The molecule has 1 aromatic rings. The highest BCUT2D eigenvalue weighted by atomic mass is 35.5. The van der Waals surface area contributed by atoms with Crippen LogP contribution in [0.1, 0.15) is 18.4 Å². The van der Waals surface area contributed by atoms with Gasteiger partial charge in [-0.05, 0) is 30.5 Å². The summed E-state index contributed by atoms with van der Waals surface area (Å²) in [5, 5.41) is 0.591. The Morgan fingerprint density at radius 2 is 1.69 bits per heavy atom. The number of hydrogen-bond acceptors (Lipinski definition) is 0. The van der Waals surface area contributed by atoms with E-state index in [9.17, 15) is 8.78 Å². The molecule has 0 saturated heterocycles. The molecule has 13 heavy (non-hydrogen) atoms. The Bertz CT molecular complexity index is 301. The lowest BCUT2D eigenvalue weighted by Gasteiger charge is -2.13. The van der Waals surface area contributed by atoms with Crippen molar-refractivity contribution in [3.63, 3.8) is 0 Å². The monoisotopic (exact) mass is 202 g/mol. The third-order valence-electron chi connectivity index (χ3n) is 2.63. The van der Waals surface area contributed by atoms with Crippen LogP contribution in [0.3, 0.4) is 0 Å². The summed E-state index contributed by atoms with van der Waals surface area (Å²) in [6, 6.07) is 6.72. The van der Waals surface area contributed by atoms with Crippen molar-refractivity contribution in [3.05, 3.63) is 34.9 Å². The Kier molecular flexibility index (Phi) is 2.03. The van der Waals surface area contributed by atoms with Crippen LogP contribution in [0.25, 0.3) is 0 Å². The molecule has 0 bridgehead atoms. The molecule has 0 nitrogen and oxygen atoms in total. The Morgan fingerprint density at radius 1 is 1.15 bits per heavy atom. The number of benzene rings is 1. The molecule has 0 radical (unpaired) electrons. The van der Waals surface area contributed by atoms with Crippen LogP contribution < -0.4 is 0 Å². The molecule has 1 aromatic carbocycles. The minimum atomic E-state index is -2.26. The molecule has 0 aromatic heterocycles. The summed E-state index contributed by atoms with van der Waals surface area (Å²) in [5.74, 6) is 0. The maximum absolute atomic E-state index is 12.6. The van der Waals surface area contributed by atoms with Gasteiger partial charge in [0.1, 0.15) is 0 Å². The number of alkyl halides is 2. The Hall–Kier alpha value is -0.630. The quantitative estimate of drug-likeness (QED) is 0.687. The van der Waals surface area contributed by atoms with Crippen LogP contribution in [-0.2, 0) is 5.41 Å². The lowest BCUT2D eigenvalue weighted by molar-refractivity contribution is 0.102. The largest absolute Gasteiger partial charge is 0.248 e. The molecule has 70 valence electrons. The summed E-state index contributed by atoms with van der Waals surface area (Å²) in [4.78, 5) is 0. The van der Waals surface area contributed by atoms with E-state index in [-0.39, 0.29) is 0 Å².